The Hall–Kier alpha value is -1.23. The van der Waals surface area contributed by atoms with Gasteiger partial charge in [0.1, 0.15) is 0 Å². The van der Waals surface area contributed by atoms with Crippen molar-refractivity contribution in [3.05, 3.63) is 24.3 Å². The van der Waals surface area contributed by atoms with E-state index in [1.807, 2.05) is 38.1 Å². The Balaban J connectivity index is 2.69. The zero-order valence-corrected chi connectivity index (χ0v) is 11.4. The molecule has 1 aromatic rings. The van der Waals surface area contributed by atoms with Crippen molar-refractivity contribution in [2.24, 2.45) is 0 Å². The van der Waals surface area contributed by atoms with Gasteiger partial charge in [0.15, 0.2) is 0 Å². The molecule has 0 atom stereocenters. The van der Waals surface area contributed by atoms with E-state index in [1.165, 1.54) is 0 Å². The van der Waals surface area contributed by atoms with Gasteiger partial charge in [-0.2, -0.15) is 0 Å². The van der Waals surface area contributed by atoms with Gasteiger partial charge < -0.3 is 4.90 Å². The highest BCUT2D eigenvalue weighted by molar-refractivity contribution is 7.92. The SMILES string of the molecule is CCCCS(=O)(=O)Nc1ccc(N(C)C)cc1. The number of nitrogens with one attached hydrogen (secondary N) is 1. The van der Waals surface area contributed by atoms with Gasteiger partial charge in [0.25, 0.3) is 0 Å². The largest absolute Gasteiger partial charge is 0.378 e. The van der Waals surface area contributed by atoms with Gasteiger partial charge in [-0.25, -0.2) is 8.42 Å². The Bertz CT molecular complexity index is 438. The number of sulfonamides is 1. The molecule has 1 N–H and O–H groups in total. The summed E-state index contributed by atoms with van der Waals surface area (Å²) in [6, 6.07) is 7.33. The van der Waals surface area contributed by atoms with Crippen LogP contribution in [0.1, 0.15) is 19.8 Å². The van der Waals surface area contributed by atoms with Crippen LogP contribution in [0.25, 0.3) is 0 Å². The van der Waals surface area contributed by atoms with Crippen LogP contribution >= 0.6 is 0 Å². The molecule has 0 saturated heterocycles. The molecular weight excluding hydrogens is 236 g/mol. The maximum Gasteiger partial charge on any atom is 0.232 e. The first-order chi connectivity index (χ1) is 7.94. The van der Waals surface area contributed by atoms with Crippen molar-refractivity contribution >= 4 is 21.4 Å². The second-order valence-corrected chi connectivity index (χ2v) is 6.06. The monoisotopic (exact) mass is 256 g/mol. The summed E-state index contributed by atoms with van der Waals surface area (Å²) >= 11 is 0. The van der Waals surface area contributed by atoms with E-state index in [0.29, 0.717) is 12.1 Å². The van der Waals surface area contributed by atoms with Crippen molar-refractivity contribution in [3.8, 4) is 0 Å². The molecule has 96 valence electrons. The number of unbranched alkanes of at least 4 members (excludes halogenated alkanes) is 1. The lowest BCUT2D eigenvalue weighted by molar-refractivity contribution is 0.598. The van der Waals surface area contributed by atoms with Crippen molar-refractivity contribution in [3.63, 3.8) is 0 Å². The molecule has 0 unspecified atom stereocenters. The predicted molar refractivity (Wildman–Crippen MR) is 73.1 cm³/mol. The van der Waals surface area contributed by atoms with E-state index in [2.05, 4.69) is 4.72 Å². The molecule has 0 bridgehead atoms. The van der Waals surface area contributed by atoms with Gasteiger partial charge in [-0.3, -0.25) is 4.72 Å². The molecule has 0 aromatic heterocycles. The number of hydrogen-bond acceptors (Lipinski definition) is 3. The number of rotatable bonds is 6. The van der Waals surface area contributed by atoms with Crippen molar-refractivity contribution in [1.29, 1.82) is 0 Å². The maximum atomic E-state index is 11.7. The van der Waals surface area contributed by atoms with Crippen LogP contribution in [0, 0.1) is 0 Å². The molecule has 0 amide bonds. The Morgan fingerprint density at radius 3 is 2.24 bits per heavy atom. The quantitative estimate of drug-likeness (QED) is 0.849. The highest BCUT2D eigenvalue weighted by atomic mass is 32.2. The Morgan fingerprint density at radius 1 is 1.18 bits per heavy atom. The fraction of sp³-hybridized carbons (Fsp3) is 0.500. The average molecular weight is 256 g/mol. The molecule has 1 aromatic carbocycles. The standard InChI is InChI=1S/C12H20N2O2S/c1-4-5-10-17(15,16)13-11-6-8-12(9-7-11)14(2)3/h6-9,13H,4-5,10H2,1-3H3. The Kier molecular flexibility index (Phi) is 4.81. The summed E-state index contributed by atoms with van der Waals surface area (Å²) in [5.74, 6) is 0.179. The van der Waals surface area contributed by atoms with Gasteiger partial charge in [-0.05, 0) is 30.7 Å². The second kappa shape index (κ2) is 5.91. The third-order valence-corrected chi connectivity index (χ3v) is 3.80. The van der Waals surface area contributed by atoms with Crippen molar-refractivity contribution in [2.75, 3.05) is 29.5 Å². The summed E-state index contributed by atoms with van der Waals surface area (Å²) in [4.78, 5) is 1.97. The highest BCUT2D eigenvalue weighted by Gasteiger charge is 2.09. The molecule has 0 aliphatic rings. The van der Waals surface area contributed by atoms with E-state index in [4.69, 9.17) is 0 Å². The molecule has 0 aliphatic carbocycles. The summed E-state index contributed by atoms with van der Waals surface area (Å²) in [5.41, 5.74) is 1.66. The third-order valence-electron chi connectivity index (χ3n) is 2.42. The molecule has 0 radical (unpaired) electrons. The van der Waals surface area contributed by atoms with Crippen molar-refractivity contribution < 1.29 is 8.42 Å². The number of nitrogens with zero attached hydrogens (tertiary/aromatic N) is 1. The lowest BCUT2D eigenvalue weighted by Crippen LogP contribution is -2.16. The number of benzene rings is 1. The van der Waals surface area contributed by atoms with E-state index in [1.54, 1.807) is 12.1 Å². The number of hydrogen-bond donors (Lipinski definition) is 1. The second-order valence-electron chi connectivity index (χ2n) is 4.22. The van der Waals surface area contributed by atoms with Gasteiger partial charge in [-0.1, -0.05) is 13.3 Å². The topological polar surface area (TPSA) is 49.4 Å². The molecule has 1 rings (SSSR count). The first kappa shape index (κ1) is 13.8. The lowest BCUT2D eigenvalue weighted by atomic mass is 10.3. The lowest BCUT2D eigenvalue weighted by Gasteiger charge is -2.13. The minimum Gasteiger partial charge on any atom is -0.378 e. The van der Waals surface area contributed by atoms with Crippen LogP contribution in [0.15, 0.2) is 24.3 Å². The highest BCUT2D eigenvalue weighted by Crippen LogP contribution is 2.16. The molecule has 5 heteroatoms. The van der Waals surface area contributed by atoms with Crippen LogP contribution in [-0.2, 0) is 10.0 Å². The molecule has 0 aliphatic heterocycles. The van der Waals surface area contributed by atoms with Crippen LogP contribution < -0.4 is 9.62 Å². The first-order valence-electron chi connectivity index (χ1n) is 5.72. The minimum absolute atomic E-state index is 0.179. The Morgan fingerprint density at radius 2 is 1.76 bits per heavy atom. The van der Waals surface area contributed by atoms with Gasteiger partial charge in [0.05, 0.1) is 5.75 Å². The third kappa shape index (κ3) is 4.65. The average Bonchev–Trinajstić information content (AvgIpc) is 2.26. The summed E-state index contributed by atoms with van der Waals surface area (Å²) in [6.45, 7) is 1.97. The zero-order chi connectivity index (χ0) is 12.9. The molecular formula is C12H20N2O2S. The van der Waals surface area contributed by atoms with E-state index in [-0.39, 0.29) is 5.75 Å². The van der Waals surface area contributed by atoms with Crippen LogP contribution in [0.4, 0.5) is 11.4 Å². The summed E-state index contributed by atoms with van der Waals surface area (Å²) in [7, 11) is 0.696. The maximum absolute atomic E-state index is 11.7. The number of anilines is 2. The van der Waals surface area contributed by atoms with Crippen LogP contribution in [0.2, 0.25) is 0 Å². The van der Waals surface area contributed by atoms with Gasteiger partial charge in [0, 0.05) is 25.5 Å². The summed E-state index contributed by atoms with van der Waals surface area (Å²) in [5, 5.41) is 0. The van der Waals surface area contributed by atoms with Crippen molar-refractivity contribution in [1.82, 2.24) is 0 Å². The first-order valence-corrected chi connectivity index (χ1v) is 7.37. The van der Waals surface area contributed by atoms with Gasteiger partial charge in [0.2, 0.25) is 10.0 Å². The molecule has 0 spiro atoms. The minimum atomic E-state index is -3.19. The summed E-state index contributed by atoms with van der Waals surface area (Å²) in [6.07, 6.45) is 1.56. The molecule has 0 heterocycles. The van der Waals surface area contributed by atoms with Crippen molar-refractivity contribution in [2.45, 2.75) is 19.8 Å². The van der Waals surface area contributed by atoms with Crippen LogP contribution in [0.3, 0.4) is 0 Å². The Labute approximate surface area is 104 Å². The van der Waals surface area contributed by atoms with Gasteiger partial charge in [-0.15, -0.1) is 0 Å². The molecule has 0 fully saturated rings. The van der Waals surface area contributed by atoms with Crippen LogP contribution in [-0.4, -0.2) is 28.3 Å². The zero-order valence-electron chi connectivity index (χ0n) is 10.6. The van der Waals surface area contributed by atoms with Gasteiger partial charge >= 0.3 is 0 Å². The molecule has 17 heavy (non-hydrogen) atoms. The molecule has 0 saturated carbocycles. The molecule has 4 nitrogen and oxygen atoms in total. The fourth-order valence-corrected chi connectivity index (χ4v) is 2.66. The predicted octanol–water partition coefficient (Wildman–Crippen LogP) is 2.29. The normalized spacial score (nSPS) is 11.2. The van der Waals surface area contributed by atoms with E-state index in [9.17, 15) is 8.42 Å². The smallest absolute Gasteiger partial charge is 0.232 e. The van der Waals surface area contributed by atoms with E-state index in [0.717, 1.165) is 12.1 Å². The van der Waals surface area contributed by atoms with Crippen LogP contribution in [0.5, 0.6) is 0 Å². The summed E-state index contributed by atoms with van der Waals surface area (Å²) < 4.78 is 25.9. The van der Waals surface area contributed by atoms with E-state index >= 15 is 0 Å². The van der Waals surface area contributed by atoms with E-state index < -0.39 is 10.0 Å². The fourth-order valence-electron chi connectivity index (χ4n) is 1.39.